The van der Waals surface area contributed by atoms with Gasteiger partial charge in [0.2, 0.25) is 18.6 Å². The topological polar surface area (TPSA) is 124 Å². The van der Waals surface area contributed by atoms with Crippen LogP contribution in [0.5, 0.6) is 23.1 Å². The molecule has 1 N–H and O–H groups in total. The first kappa shape index (κ1) is 27.4. The zero-order valence-electron chi connectivity index (χ0n) is 23.5. The van der Waals surface area contributed by atoms with Crippen molar-refractivity contribution in [3.8, 4) is 23.1 Å². The average molecular weight is 565 g/mol. The average Bonchev–Trinajstić information content (AvgIpc) is 3.26. The number of aromatic nitrogens is 1. The van der Waals surface area contributed by atoms with E-state index in [2.05, 4.69) is 4.98 Å². The first-order chi connectivity index (χ1) is 19.8. The second-order valence-corrected chi connectivity index (χ2v) is 11.6. The van der Waals surface area contributed by atoms with Gasteiger partial charge in [-0.25, -0.2) is 4.98 Å². The van der Waals surface area contributed by atoms with Crippen LogP contribution in [0.25, 0.3) is 10.9 Å². The van der Waals surface area contributed by atoms with E-state index >= 15 is 0 Å². The molecule has 10 heteroatoms. The van der Waals surface area contributed by atoms with Gasteiger partial charge in [0.05, 0.1) is 17.9 Å². The molecule has 0 radical (unpaired) electrons. The number of carboxylic acid groups (broad SMARTS) is 1. The molecule has 0 unspecified atom stereocenters. The van der Waals surface area contributed by atoms with Crippen molar-refractivity contribution in [2.75, 3.05) is 27.0 Å². The van der Waals surface area contributed by atoms with Crippen LogP contribution in [0.3, 0.4) is 0 Å². The molecule has 0 spiro atoms. The van der Waals surface area contributed by atoms with Gasteiger partial charge < -0.3 is 29.0 Å². The summed E-state index contributed by atoms with van der Waals surface area (Å²) >= 11 is 0. The lowest BCUT2D eigenvalue weighted by Gasteiger charge is -2.25. The predicted molar refractivity (Wildman–Crippen MR) is 148 cm³/mol. The summed E-state index contributed by atoms with van der Waals surface area (Å²) in [7, 11) is 1.78. The lowest BCUT2D eigenvalue weighted by Crippen LogP contribution is -2.38. The summed E-state index contributed by atoms with van der Waals surface area (Å²) in [6.07, 6.45) is 7.22. The van der Waals surface area contributed by atoms with Crippen molar-refractivity contribution >= 4 is 28.6 Å². The quantitative estimate of drug-likeness (QED) is 0.527. The molecule has 2 aromatic rings. The second kappa shape index (κ2) is 10.9. The van der Waals surface area contributed by atoms with Crippen LogP contribution in [0.2, 0.25) is 0 Å². The largest absolute Gasteiger partial charge is 0.489 e. The number of nitrogens with zero attached hydrogens (tertiary/aromatic N) is 2. The van der Waals surface area contributed by atoms with E-state index in [4.69, 9.17) is 18.9 Å². The number of ether oxygens (including phenoxy) is 4. The molecule has 218 valence electrons. The van der Waals surface area contributed by atoms with E-state index in [1.54, 1.807) is 24.1 Å². The zero-order valence-corrected chi connectivity index (χ0v) is 23.5. The number of amides is 1. The number of carbonyl (C=O) groups excluding carboxylic acids is 2. The molecule has 0 bridgehead atoms. The number of Topliss-reactive ketones (excluding diaryl/α,β-unsaturated/α-hetero) is 1. The summed E-state index contributed by atoms with van der Waals surface area (Å²) in [5.41, 5.74) is -0.521. The summed E-state index contributed by atoms with van der Waals surface area (Å²) in [5, 5.41) is 10.8. The predicted octanol–water partition coefficient (Wildman–Crippen LogP) is 4.38. The van der Waals surface area contributed by atoms with E-state index in [9.17, 15) is 19.5 Å². The molecule has 0 saturated heterocycles. The minimum atomic E-state index is -1.08. The number of carbonyl (C=O) groups is 3. The van der Waals surface area contributed by atoms with Crippen molar-refractivity contribution in [3.63, 3.8) is 0 Å². The molecule has 2 fully saturated rings. The first-order valence-electron chi connectivity index (χ1n) is 14.5. The highest BCUT2D eigenvalue weighted by molar-refractivity contribution is 5.94. The summed E-state index contributed by atoms with van der Waals surface area (Å²) in [4.78, 5) is 46.0. The second-order valence-electron chi connectivity index (χ2n) is 11.6. The fourth-order valence-corrected chi connectivity index (χ4v) is 6.63. The molecule has 3 heterocycles. The number of pyridine rings is 1. The van der Waals surface area contributed by atoms with E-state index in [0.29, 0.717) is 66.4 Å². The normalized spacial score (nSPS) is 30.3. The van der Waals surface area contributed by atoms with Gasteiger partial charge in [0, 0.05) is 37.4 Å². The third-order valence-electron chi connectivity index (χ3n) is 9.00. The highest BCUT2D eigenvalue weighted by Crippen LogP contribution is 2.57. The molecular formula is C31H36N2O8. The Hall–Kier alpha value is -3.82. The maximum absolute atomic E-state index is 13.8. The fraction of sp³-hybridized carbons (Fsp3) is 0.548. The Morgan fingerprint density at radius 3 is 2.83 bits per heavy atom. The van der Waals surface area contributed by atoms with Gasteiger partial charge in [-0.2, -0.15) is 0 Å². The van der Waals surface area contributed by atoms with Gasteiger partial charge in [0.15, 0.2) is 11.5 Å². The number of aliphatic carboxylic acids is 1. The molecule has 2 aliphatic carbocycles. The maximum Gasteiger partial charge on any atom is 0.310 e. The fourth-order valence-electron chi connectivity index (χ4n) is 6.63. The van der Waals surface area contributed by atoms with Gasteiger partial charge in [-0.1, -0.05) is 12.2 Å². The SMILES string of the molecule is CCOc1cc(O[C@@H]2C[C@H]3C(=O)C[C@]4(C(=O)O)C[C@H]4/C=C\CCCCN(C)C(=O)[C@@H]3C2)c2ccc3c(c2n1)OCO3. The lowest BCUT2D eigenvalue weighted by molar-refractivity contribution is -0.147. The van der Waals surface area contributed by atoms with Crippen molar-refractivity contribution in [1.29, 1.82) is 0 Å². The summed E-state index contributed by atoms with van der Waals surface area (Å²) in [6.45, 7) is 2.99. The lowest BCUT2D eigenvalue weighted by atomic mass is 9.84. The number of carboxylic acids is 1. The van der Waals surface area contributed by atoms with Gasteiger partial charge in [0.25, 0.3) is 0 Å². The molecule has 1 amide bonds. The highest BCUT2D eigenvalue weighted by Gasteiger charge is 2.61. The van der Waals surface area contributed by atoms with Crippen molar-refractivity contribution in [3.05, 3.63) is 30.4 Å². The Kier molecular flexibility index (Phi) is 7.25. The third kappa shape index (κ3) is 5.08. The third-order valence-corrected chi connectivity index (χ3v) is 9.00. The van der Waals surface area contributed by atoms with Crippen LogP contribution in [0, 0.1) is 23.2 Å². The number of ketones is 1. The molecule has 4 aliphatic rings. The number of fused-ring (bicyclic) bond motifs is 5. The zero-order chi connectivity index (χ0) is 28.7. The number of hydrogen-bond donors (Lipinski definition) is 1. The van der Waals surface area contributed by atoms with Gasteiger partial charge in [0.1, 0.15) is 23.2 Å². The van der Waals surface area contributed by atoms with Crippen LogP contribution >= 0.6 is 0 Å². The molecule has 2 saturated carbocycles. The minimum absolute atomic E-state index is 0.0711. The van der Waals surface area contributed by atoms with E-state index in [1.165, 1.54) is 0 Å². The molecule has 1 aromatic heterocycles. The Bertz CT molecular complexity index is 1410. The monoisotopic (exact) mass is 564 g/mol. The minimum Gasteiger partial charge on any atom is -0.489 e. The summed E-state index contributed by atoms with van der Waals surface area (Å²) in [6, 6.07) is 5.39. The van der Waals surface area contributed by atoms with Crippen molar-refractivity contribution < 1.29 is 38.4 Å². The van der Waals surface area contributed by atoms with E-state index in [0.717, 1.165) is 19.3 Å². The van der Waals surface area contributed by atoms with Crippen molar-refractivity contribution in [2.24, 2.45) is 23.2 Å². The summed E-state index contributed by atoms with van der Waals surface area (Å²) in [5.74, 6) is -0.517. The Labute approximate surface area is 238 Å². The maximum atomic E-state index is 13.8. The molecule has 2 aliphatic heterocycles. The van der Waals surface area contributed by atoms with Gasteiger partial charge in [-0.3, -0.25) is 14.4 Å². The van der Waals surface area contributed by atoms with Crippen LogP contribution in [0.1, 0.15) is 51.9 Å². The number of rotatable bonds is 5. The van der Waals surface area contributed by atoms with Crippen LogP contribution in [0.4, 0.5) is 0 Å². The smallest absolute Gasteiger partial charge is 0.310 e. The van der Waals surface area contributed by atoms with E-state index in [-0.39, 0.29) is 30.8 Å². The summed E-state index contributed by atoms with van der Waals surface area (Å²) < 4.78 is 23.4. The molecular weight excluding hydrogens is 528 g/mol. The standard InChI is InChI=1S/C31H36N2O8/c1-3-38-26-14-25(20-9-10-24-28(27(20)32-26)40-17-39-24)41-19-12-21-22(13-19)29(35)33(2)11-7-5-4-6-8-18-15-31(18,30(36)37)16-23(21)34/h6,8-10,14,18-19,21-22H,3-5,7,11-13,15-17H2,1-2H3,(H,36,37)/b8-6-/t18-,19-,21-,22-,31-/m1/s1. The van der Waals surface area contributed by atoms with Crippen LogP contribution in [0.15, 0.2) is 30.4 Å². The van der Waals surface area contributed by atoms with E-state index < -0.39 is 29.3 Å². The van der Waals surface area contributed by atoms with Gasteiger partial charge in [-0.15, -0.1) is 0 Å². The molecule has 5 atom stereocenters. The van der Waals surface area contributed by atoms with Crippen molar-refractivity contribution in [2.45, 2.75) is 58.0 Å². The van der Waals surface area contributed by atoms with E-state index in [1.807, 2.05) is 25.1 Å². The van der Waals surface area contributed by atoms with Crippen LogP contribution < -0.4 is 18.9 Å². The number of benzene rings is 1. The molecule has 1 aromatic carbocycles. The van der Waals surface area contributed by atoms with Gasteiger partial charge >= 0.3 is 5.97 Å². The Morgan fingerprint density at radius 1 is 1.20 bits per heavy atom. The Balaban J connectivity index is 1.31. The first-order valence-corrected chi connectivity index (χ1v) is 14.5. The van der Waals surface area contributed by atoms with Crippen molar-refractivity contribution in [1.82, 2.24) is 9.88 Å². The molecule has 6 rings (SSSR count). The van der Waals surface area contributed by atoms with Gasteiger partial charge in [-0.05, 0) is 63.5 Å². The molecule has 10 nitrogen and oxygen atoms in total. The number of allylic oxidation sites excluding steroid dienone is 2. The molecule has 41 heavy (non-hydrogen) atoms. The highest BCUT2D eigenvalue weighted by atomic mass is 16.7. The number of hydrogen-bond acceptors (Lipinski definition) is 8. The Morgan fingerprint density at radius 2 is 2.02 bits per heavy atom. The van der Waals surface area contributed by atoms with Crippen LogP contribution in [-0.2, 0) is 14.4 Å². The van der Waals surface area contributed by atoms with Crippen LogP contribution in [-0.4, -0.2) is 65.7 Å².